The maximum absolute atomic E-state index is 12.9. The van der Waals surface area contributed by atoms with Crippen LogP contribution in [0.1, 0.15) is 49.0 Å². The predicted octanol–water partition coefficient (Wildman–Crippen LogP) is 0.839. The Bertz CT molecular complexity index is 1360. The number of nitrogens with two attached hydrogens (primary N) is 1. The number of amides is 5. The molecule has 46 heavy (non-hydrogen) atoms. The molecule has 2 aromatic rings. The van der Waals surface area contributed by atoms with Crippen molar-refractivity contribution in [3.63, 3.8) is 0 Å². The summed E-state index contributed by atoms with van der Waals surface area (Å²) in [5.41, 5.74) is 7.00. The van der Waals surface area contributed by atoms with Crippen LogP contribution in [-0.2, 0) is 43.4 Å². The molecule has 1 aromatic heterocycles. The number of hydrogen-bond acceptors (Lipinski definition) is 9. The van der Waals surface area contributed by atoms with Gasteiger partial charge in [-0.05, 0) is 62.4 Å². The van der Waals surface area contributed by atoms with Crippen LogP contribution in [-0.4, -0.2) is 79.2 Å². The van der Waals surface area contributed by atoms with Gasteiger partial charge in [0.2, 0.25) is 29.5 Å². The molecular weight excluding hydrogens is 594 g/mol. The second-order valence-corrected chi connectivity index (χ2v) is 11.1. The minimum Gasteiger partial charge on any atom is -0.469 e. The monoisotopic (exact) mass is 637 g/mol. The zero-order valence-electron chi connectivity index (χ0n) is 26.0. The van der Waals surface area contributed by atoms with Gasteiger partial charge in [0.25, 0.3) is 0 Å². The quantitative estimate of drug-likeness (QED) is 0.0897. The number of carbonyl (C=O) groups is 5. The fourth-order valence-corrected chi connectivity index (χ4v) is 5.10. The van der Waals surface area contributed by atoms with Gasteiger partial charge in [0.1, 0.15) is 17.8 Å². The molecule has 6 N–H and O–H groups in total. The lowest BCUT2D eigenvalue weighted by Gasteiger charge is -2.28. The highest BCUT2D eigenvalue weighted by molar-refractivity contribution is 5.96. The van der Waals surface area contributed by atoms with E-state index in [2.05, 4.69) is 26.4 Å². The second-order valence-electron chi connectivity index (χ2n) is 11.1. The Morgan fingerprint density at radius 3 is 2.52 bits per heavy atom. The van der Waals surface area contributed by atoms with Gasteiger partial charge in [-0.1, -0.05) is 29.4 Å². The number of unbranched alkanes of at least 4 members (excludes halogenated alkanes) is 1. The lowest BCUT2D eigenvalue weighted by molar-refractivity contribution is -0.127. The average molecular weight is 638 g/mol. The van der Waals surface area contributed by atoms with Gasteiger partial charge in [-0.2, -0.15) is 4.91 Å². The number of nitroso groups, excluding NO2 is 1. The number of nitrogens with one attached hydrogen (secondary N) is 4. The highest BCUT2D eigenvalue weighted by atomic mass is 16.3. The third kappa shape index (κ3) is 11.9. The maximum atomic E-state index is 12.9. The van der Waals surface area contributed by atoms with E-state index in [0.717, 1.165) is 11.6 Å². The smallest absolute Gasteiger partial charge is 0.246 e. The number of furan rings is 1. The predicted molar refractivity (Wildman–Crippen MR) is 170 cm³/mol. The number of rotatable bonds is 18. The summed E-state index contributed by atoms with van der Waals surface area (Å²) in [6, 6.07) is 8.98. The van der Waals surface area contributed by atoms with Crippen LogP contribution in [0.4, 0.5) is 0 Å². The summed E-state index contributed by atoms with van der Waals surface area (Å²) >= 11 is 0. The Kier molecular flexibility index (Phi) is 14.6. The molecule has 14 nitrogen and oxygen atoms in total. The van der Waals surface area contributed by atoms with Crippen molar-refractivity contribution in [3.8, 4) is 0 Å². The van der Waals surface area contributed by atoms with Crippen molar-refractivity contribution in [1.82, 2.24) is 26.2 Å². The maximum Gasteiger partial charge on any atom is 0.246 e. The zero-order chi connectivity index (χ0) is 33.3. The number of hydrogen-bond donors (Lipinski definition) is 5. The highest BCUT2D eigenvalue weighted by Crippen LogP contribution is 2.14. The van der Waals surface area contributed by atoms with E-state index in [1.54, 1.807) is 37.6 Å². The van der Waals surface area contributed by atoms with Gasteiger partial charge >= 0.3 is 0 Å². The summed E-state index contributed by atoms with van der Waals surface area (Å²) in [5.74, 6) is -1.37. The topological polar surface area (TPSA) is 205 Å². The van der Waals surface area contributed by atoms with Crippen LogP contribution in [0.15, 0.2) is 64.4 Å². The number of nitrogens with zero attached hydrogens (tertiary/aromatic N) is 2. The lowest BCUT2D eigenvalue weighted by atomic mass is 10.0. The molecule has 1 aromatic carbocycles. The summed E-state index contributed by atoms with van der Waals surface area (Å²) in [4.78, 5) is 74.3. The molecule has 3 rings (SSSR count). The highest BCUT2D eigenvalue weighted by Gasteiger charge is 2.23. The van der Waals surface area contributed by atoms with E-state index in [1.165, 1.54) is 11.0 Å². The summed E-state index contributed by atoms with van der Waals surface area (Å²) in [6.07, 6.45) is 6.89. The first kappa shape index (κ1) is 35.6. The van der Waals surface area contributed by atoms with Crippen molar-refractivity contribution < 1.29 is 28.4 Å². The molecule has 1 aliphatic heterocycles. The molecule has 1 fully saturated rings. The van der Waals surface area contributed by atoms with Crippen molar-refractivity contribution in [2.75, 3.05) is 26.7 Å². The normalized spacial score (nSPS) is 15.9. The molecule has 0 aliphatic carbocycles. The van der Waals surface area contributed by atoms with Crippen LogP contribution in [0.25, 0.3) is 0 Å². The first-order valence-electron chi connectivity index (χ1n) is 15.4. The second kappa shape index (κ2) is 18.8. The fraction of sp³-hybridized carbons (Fsp3) is 0.469. The van der Waals surface area contributed by atoms with Crippen LogP contribution in [0.3, 0.4) is 0 Å². The van der Waals surface area contributed by atoms with E-state index in [9.17, 15) is 28.9 Å². The molecule has 0 saturated carbocycles. The number of benzene rings is 1. The molecular formula is C32H43N7O7. The first-order valence-corrected chi connectivity index (χ1v) is 15.4. The number of likely N-dealkylation sites (tertiary alicyclic amines) is 1. The van der Waals surface area contributed by atoms with E-state index in [1.807, 2.05) is 12.1 Å². The van der Waals surface area contributed by atoms with Crippen molar-refractivity contribution in [3.05, 3.63) is 76.6 Å². The van der Waals surface area contributed by atoms with Gasteiger partial charge in [0.15, 0.2) is 0 Å². The molecule has 0 unspecified atom stereocenters. The van der Waals surface area contributed by atoms with Crippen LogP contribution in [0.5, 0.6) is 0 Å². The van der Waals surface area contributed by atoms with Crippen LogP contribution in [0, 0.1) is 4.91 Å². The van der Waals surface area contributed by atoms with Gasteiger partial charge in [0.05, 0.1) is 18.7 Å². The molecule has 1 saturated heterocycles. The zero-order valence-corrected chi connectivity index (χ0v) is 26.0. The standard InChI is InChI=1S/C32H43N7O7/c1-34-27(19-25-11-7-17-46-25)32(44)36-20-23-9-3-2-8-22(23)18-29(41)37-26(31(33)43)12-4-5-15-35-28(40)13-14-30(42)39-16-6-10-24(21-39)38-45/h2-3,7-9,11,13-14,17,24,26-27,34H,4-6,10,12,15-16,18-21H2,1H3,(H2,33,43)(H,35,40)(H,36,44)(H,37,41)/b14-13+/t24-,26+,27+/m1/s1. The number of primary amides is 1. The summed E-state index contributed by atoms with van der Waals surface area (Å²) in [6.45, 7) is 1.28. The van der Waals surface area contributed by atoms with Gasteiger partial charge in [-0.3, -0.25) is 24.0 Å². The minimum atomic E-state index is -0.889. The van der Waals surface area contributed by atoms with Crippen molar-refractivity contribution in [2.24, 2.45) is 10.9 Å². The Balaban J connectivity index is 1.39. The molecule has 1 aliphatic rings. The number of piperidine rings is 1. The van der Waals surface area contributed by atoms with E-state index in [0.29, 0.717) is 56.5 Å². The molecule has 0 spiro atoms. The summed E-state index contributed by atoms with van der Waals surface area (Å²) in [5, 5.41) is 14.3. The Hall–Kier alpha value is -4.85. The van der Waals surface area contributed by atoms with Crippen LogP contribution < -0.4 is 27.0 Å². The van der Waals surface area contributed by atoms with E-state index >= 15 is 0 Å². The van der Waals surface area contributed by atoms with Crippen LogP contribution in [0.2, 0.25) is 0 Å². The van der Waals surface area contributed by atoms with Gasteiger partial charge < -0.3 is 36.3 Å². The average Bonchev–Trinajstić information content (AvgIpc) is 3.58. The molecule has 5 amide bonds. The first-order chi connectivity index (χ1) is 22.2. The van der Waals surface area contributed by atoms with E-state index in [-0.39, 0.29) is 43.7 Å². The van der Waals surface area contributed by atoms with Crippen molar-refractivity contribution in [1.29, 1.82) is 0 Å². The fourth-order valence-electron chi connectivity index (χ4n) is 5.10. The third-order valence-electron chi connectivity index (χ3n) is 7.70. The molecule has 14 heteroatoms. The van der Waals surface area contributed by atoms with Crippen molar-refractivity contribution >= 4 is 29.5 Å². The third-order valence-corrected chi connectivity index (χ3v) is 7.70. The van der Waals surface area contributed by atoms with Crippen molar-refractivity contribution in [2.45, 2.75) is 69.6 Å². The van der Waals surface area contributed by atoms with Gasteiger partial charge in [-0.25, -0.2) is 0 Å². The van der Waals surface area contributed by atoms with Crippen LogP contribution >= 0.6 is 0 Å². The lowest BCUT2D eigenvalue weighted by Crippen LogP contribution is -2.45. The summed E-state index contributed by atoms with van der Waals surface area (Å²) in [7, 11) is 1.69. The van der Waals surface area contributed by atoms with Gasteiger partial charge in [-0.15, -0.1) is 0 Å². The molecule has 0 radical (unpaired) electrons. The number of likely N-dealkylation sites (N-methyl/N-ethyl adjacent to an activating group) is 1. The Labute approximate surface area is 267 Å². The Morgan fingerprint density at radius 2 is 1.83 bits per heavy atom. The van der Waals surface area contributed by atoms with E-state index in [4.69, 9.17) is 10.2 Å². The molecule has 248 valence electrons. The largest absolute Gasteiger partial charge is 0.469 e. The molecule has 2 heterocycles. The SMILES string of the molecule is CN[C@@H](Cc1ccco1)C(=O)NCc1ccccc1CC(=O)N[C@@H](CCCCNC(=O)/C=C/C(=O)N1CCC[C@@H](N=O)C1)C(N)=O. The minimum absolute atomic E-state index is 0.0114. The van der Waals surface area contributed by atoms with Gasteiger partial charge in [0, 0.05) is 44.8 Å². The van der Waals surface area contributed by atoms with E-state index < -0.39 is 29.9 Å². The number of carbonyl (C=O) groups excluding carboxylic acids is 5. The summed E-state index contributed by atoms with van der Waals surface area (Å²) < 4.78 is 5.34. The molecule has 3 atom stereocenters. The Morgan fingerprint density at radius 1 is 1.04 bits per heavy atom. The molecule has 0 bridgehead atoms.